The molecule has 6 heteroatoms. The first-order valence-electron chi connectivity index (χ1n) is 6.14. The fourth-order valence-corrected chi connectivity index (χ4v) is 1.61. The second kappa shape index (κ2) is 6.42. The summed E-state index contributed by atoms with van der Waals surface area (Å²) < 4.78 is 0. The number of carboxylic acid groups (broad SMARTS) is 1. The molecule has 0 aliphatic heterocycles. The molecule has 106 valence electrons. The van der Waals surface area contributed by atoms with Crippen molar-refractivity contribution in [3.05, 3.63) is 59.6 Å². The van der Waals surface area contributed by atoms with E-state index >= 15 is 0 Å². The minimum absolute atomic E-state index is 0.299. The average molecular weight is 283 g/mol. The highest BCUT2D eigenvalue weighted by Crippen LogP contribution is 2.09. The van der Waals surface area contributed by atoms with Crippen molar-refractivity contribution in [1.82, 2.24) is 9.97 Å². The quantitative estimate of drug-likeness (QED) is 0.839. The van der Waals surface area contributed by atoms with Crippen molar-refractivity contribution in [2.45, 2.75) is 6.92 Å². The molecule has 2 rings (SSSR count). The van der Waals surface area contributed by atoms with Crippen LogP contribution >= 0.6 is 0 Å². The van der Waals surface area contributed by atoms with Gasteiger partial charge in [0.25, 0.3) is 5.91 Å². The van der Waals surface area contributed by atoms with Crippen LogP contribution in [0.15, 0.2) is 42.9 Å². The number of amides is 1. The molecule has 0 atom stereocenters. The number of aliphatic carboxylic acids is 1. The molecule has 1 amide bonds. The SMILES string of the molecule is Cc1cncc(C(=O)Nc2ccc(/C=C/C(=O)O)cn2)c1. The molecule has 0 fully saturated rings. The molecule has 0 aliphatic carbocycles. The van der Waals surface area contributed by atoms with E-state index in [1.807, 2.05) is 6.92 Å². The molecule has 0 unspecified atom stereocenters. The summed E-state index contributed by atoms with van der Waals surface area (Å²) in [5.74, 6) is -0.944. The van der Waals surface area contributed by atoms with Crippen LogP contribution in [0.3, 0.4) is 0 Å². The Morgan fingerprint density at radius 3 is 2.67 bits per heavy atom. The number of hydrogen-bond acceptors (Lipinski definition) is 4. The second-order valence-corrected chi connectivity index (χ2v) is 4.35. The third-order valence-corrected chi connectivity index (χ3v) is 2.58. The molecule has 0 spiro atoms. The van der Waals surface area contributed by atoms with E-state index in [2.05, 4.69) is 15.3 Å². The van der Waals surface area contributed by atoms with Crippen molar-refractivity contribution >= 4 is 23.8 Å². The minimum Gasteiger partial charge on any atom is -0.478 e. The highest BCUT2D eigenvalue weighted by molar-refractivity contribution is 6.03. The van der Waals surface area contributed by atoms with Crippen LogP contribution in [0.25, 0.3) is 6.08 Å². The Hall–Kier alpha value is -3.02. The molecular weight excluding hydrogens is 270 g/mol. The minimum atomic E-state index is -1.03. The van der Waals surface area contributed by atoms with E-state index in [1.54, 1.807) is 24.4 Å². The number of hydrogen-bond donors (Lipinski definition) is 2. The van der Waals surface area contributed by atoms with Gasteiger partial charge in [0.2, 0.25) is 0 Å². The zero-order valence-electron chi connectivity index (χ0n) is 11.3. The summed E-state index contributed by atoms with van der Waals surface area (Å²) in [6.07, 6.45) is 7.06. The van der Waals surface area contributed by atoms with Crippen molar-refractivity contribution in [3.63, 3.8) is 0 Å². The second-order valence-electron chi connectivity index (χ2n) is 4.35. The van der Waals surface area contributed by atoms with Gasteiger partial charge >= 0.3 is 5.97 Å². The van der Waals surface area contributed by atoms with Gasteiger partial charge < -0.3 is 10.4 Å². The normalized spacial score (nSPS) is 10.5. The first kappa shape index (κ1) is 14.4. The van der Waals surface area contributed by atoms with Gasteiger partial charge in [0.05, 0.1) is 5.56 Å². The number of aryl methyl sites for hydroxylation is 1. The largest absolute Gasteiger partial charge is 0.478 e. The lowest BCUT2D eigenvalue weighted by atomic mass is 10.2. The van der Waals surface area contributed by atoms with Gasteiger partial charge in [-0.05, 0) is 42.3 Å². The third-order valence-electron chi connectivity index (χ3n) is 2.58. The molecule has 0 bridgehead atoms. The van der Waals surface area contributed by atoms with Crippen molar-refractivity contribution in [3.8, 4) is 0 Å². The van der Waals surface area contributed by atoms with E-state index in [0.717, 1.165) is 11.6 Å². The number of aromatic nitrogens is 2. The Labute approximate surface area is 121 Å². The van der Waals surface area contributed by atoms with Crippen molar-refractivity contribution < 1.29 is 14.7 Å². The first-order chi connectivity index (χ1) is 10.0. The Morgan fingerprint density at radius 2 is 2.05 bits per heavy atom. The maximum Gasteiger partial charge on any atom is 0.328 e. The van der Waals surface area contributed by atoms with Crippen molar-refractivity contribution in [1.29, 1.82) is 0 Å². The summed E-state index contributed by atoms with van der Waals surface area (Å²) in [6.45, 7) is 1.85. The molecule has 2 N–H and O–H groups in total. The predicted octanol–water partition coefficient (Wildman–Crippen LogP) is 2.14. The number of carbonyl (C=O) groups is 2. The fourth-order valence-electron chi connectivity index (χ4n) is 1.61. The zero-order chi connectivity index (χ0) is 15.2. The first-order valence-corrected chi connectivity index (χ1v) is 6.14. The van der Waals surface area contributed by atoms with E-state index in [0.29, 0.717) is 16.9 Å². The van der Waals surface area contributed by atoms with E-state index in [9.17, 15) is 9.59 Å². The third kappa shape index (κ3) is 4.24. The van der Waals surface area contributed by atoms with Gasteiger partial charge in [-0.2, -0.15) is 0 Å². The summed E-state index contributed by atoms with van der Waals surface area (Å²) in [5.41, 5.74) is 1.98. The molecule has 0 radical (unpaired) electrons. The molecule has 2 aromatic heterocycles. The smallest absolute Gasteiger partial charge is 0.328 e. The predicted molar refractivity (Wildman–Crippen MR) is 77.8 cm³/mol. The number of nitrogens with one attached hydrogen (secondary N) is 1. The van der Waals surface area contributed by atoms with Crippen LogP contribution in [-0.4, -0.2) is 27.0 Å². The molecule has 21 heavy (non-hydrogen) atoms. The van der Waals surface area contributed by atoms with Crippen LogP contribution in [0.5, 0.6) is 0 Å². The molecule has 0 aliphatic rings. The average Bonchev–Trinajstić information content (AvgIpc) is 2.46. The number of rotatable bonds is 4. The van der Waals surface area contributed by atoms with Crippen LogP contribution in [0.2, 0.25) is 0 Å². The van der Waals surface area contributed by atoms with Crippen LogP contribution < -0.4 is 5.32 Å². The highest BCUT2D eigenvalue weighted by atomic mass is 16.4. The summed E-state index contributed by atoms with van der Waals surface area (Å²) in [4.78, 5) is 30.4. The number of carbonyl (C=O) groups excluding carboxylic acids is 1. The van der Waals surface area contributed by atoms with Crippen LogP contribution in [0.4, 0.5) is 5.82 Å². The van der Waals surface area contributed by atoms with E-state index in [1.165, 1.54) is 18.5 Å². The highest BCUT2D eigenvalue weighted by Gasteiger charge is 2.07. The molecule has 0 aromatic carbocycles. The lowest BCUT2D eigenvalue weighted by Gasteiger charge is -2.05. The van der Waals surface area contributed by atoms with Crippen LogP contribution in [-0.2, 0) is 4.79 Å². The van der Waals surface area contributed by atoms with Gasteiger partial charge in [0, 0.05) is 24.7 Å². The maximum absolute atomic E-state index is 12.0. The Kier molecular flexibility index (Phi) is 4.40. The number of pyridine rings is 2. The van der Waals surface area contributed by atoms with E-state index < -0.39 is 5.97 Å². The molecule has 0 saturated carbocycles. The molecule has 2 heterocycles. The van der Waals surface area contributed by atoms with Gasteiger partial charge in [0.15, 0.2) is 0 Å². The summed E-state index contributed by atoms with van der Waals surface area (Å²) >= 11 is 0. The lowest BCUT2D eigenvalue weighted by molar-refractivity contribution is -0.131. The van der Waals surface area contributed by atoms with Crippen LogP contribution in [0, 0.1) is 6.92 Å². The van der Waals surface area contributed by atoms with Crippen molar-refractivity contribution in [2.24, 2.45) is 0 Å². The van der Waals surface area contributed by atoms with E-state index in [4.69, 9.17) is 5.11 Å². The lowest BCUT2D eigenvalue weighted by Crippen LogP contribution is -2.13. The molecule has 6 nitrogen and oxygen atoms in total. The number of carboxylic acids is 1. The fraction of sp³-hybridized carbons (Fsp3) is 0.0667. The topological polar surface area (TPSA) is 92.2 Å². The standard InChI is InChI=1S/C15H13N3O3/c1-10-6-12(9-16-7-10)15(21)18-13-4-2-11(8-17-13)3-5-14(19)20/h2-9H,1H3,(H,19,20)(H,17,18,21)/b5-3+. The van der Waals surface area contributed by atoms with Crippen molar-refractivity contribution in [2.75, 3.05) is 5.32 Å². The Balaban J connectivity index is 2.06. The summed E-state index contributed by atoms with van der Waals surface area (Å²) in [5, 5.41) is 11.2. The number of nitrogens with zero attached hydrogens (tertiary/aromatic N) is 2. The maximum atomic E-state index is 12.0. The number of anilines is 1. The van der Waals surface area contributed by atoms with Crippen LogP contribution in [0.1, 0.15) is 21.5 Å². The molecular formula is C15H13N3O3. The van der Waals surface area contributed by atoms with Gasteiger partial charge in [-0.15, -0.1) is 0 Å². The van der Waals surface area contributed by atoms with Gasteiger partial charge in [0.1, 0.15) is 5.82 Å². The monoisotopic (exact) mass is 283 g/mol. The van der Waals surface area contributed by atoms with Gasteiger partial charge in [-0.1, -0.05) is 0 Å². The Morgan fingerprint density at radius 1 is 1.24 bits per heavy atom. The van der Waals surface area contributed by atoms with Gasteiger partial charge in [-0.3, -0.25) is 9.78 Å². The molecule has 0 saturated heterocycles. The summed E-state index contributed by atoms with van der Waals surface area (Å²) in [6, 6.07) is 4.99. The van der Waals surface area contributed by atoms with Gasteiger partial charge in [-0.25, -0.2) is 9.78 Å². The summed E-state index contributed by atoms with van der Waals surface area (Å²) in [7, 11) is 0. The molecule has 2 aromatic rings. The van der Waals surface area contributed by atoms with E-state index in [-0.39, 0.29) is 5.91 Å². The zero-order valence-corrected chi connectivity index (χ0v) is 11.3. The Bertz CT molecular complexity index is 694.